The Balaban J connectivity index is 1.59. The Morgan fingerprint density at radius 2 is 1.91 bits per heavy atom. The molecule has 164 valence electrons. The number of hydrogen-bond acceptors (Lipinski definition) is 8. The first-order valence-corrected chi connectivity index (χ1v) is 11.0. The van der Waals surface area contributed by atoms with Gasteiger partial charge in [-0.15, -0.1) is 0 Å². The van der Waals surface area contributed by atoms with E-state index in [4.69, 9.17) is 11.6 Å². The van der Waals surface area contributed by atoms with Crippen molar-refractivity contribution in [3.63, 3.8) is 0 Å². The summed E-state index contributed by atoms with van der Waals surface area (Å²) in [6.45, 7) is 1.35. The molecule has 0 unspecified atom stereocenters. The van der Waals surface area contributed by atoms with Crippen LogP contribution in [0.4, 0.5) is 17.3 Å². The summed E-state index contributed by atoms with van der Waals surface area (Å²) in [4.78, 5) is 48.2. The van der Waals surface area contributed by atoms with E-state index < -0.39 is 5.91 Å². The number of amides is 1. The number of ketones is 2. The lowest BCUT2D eigenvalue weighted by Gasteiger charge is -2.11. The average Bonchev–Trinajstić information content (AvgIpc) is 3.33. The maximum absolute atomic E-state index is 12.6. The number of nitrogens with one attached hydrogen (secondary N) is 2. The minimum absolute atomic E-state index is 0.148. The van der Waals surface area contributed by atoms with E-state index in [9.17, 15) is 14.4 Å². The molecule has 1 amide bonds. The van der Waals surface area contributed by atoms with E-state index in [-0.39, 0.29) is 17.4 Å². The van der Waals surface area contributed by atoms with Crippen LogP contribution < -0.4 is 10.6 Å². The van der Waals surface area contributed by atoms with Crippen molar-refractivity contribution in [3.8, 4) is 0 Å². The van der Waals surface area contributed by atoms with Gasteiger partial charge in [0.05, 0.1) is 16.7 Å². The lowest BCUT2D eigenvalue weighted by molar-refractivity contribution is -0.114. The molecule has 0 bridgehead atoms. The second-order valence-corrected chi connectivity index (χ2v) is 8.09. The van der Waals surface area contributed by atoms with Gasteiger partial charge in [0.2, 0.25) is 5.91 Å². The van der Waals surface area contributed by atoms with Crippen LogP contribution in [0.5, 0.6) is 0 Å². The highest BCUT2D eigenvalue weighted by Gasteiger charge is 2.14. The van der Waals surface area contributed by atoms with Crippen molar-refractivity contribution in [1.29, 1.82) is 0 Å². The van der Waals surface area contributed by atoms with Gasteiger partial charge in [0, 0.05) is 33.7 Å². The number of thiophene rings is 1. The number of benzene rings is 1. The molecule has 4 rings (SSSR count). The summed E-state index contributed by atoms with van der Waals surface area (Å²) in [6.07, 6.45) is 5.19. The summed E-state index contributed by atoms with van der Waals surface area (Å²) in [5, 5.41) is 10.3. The number of carbonyl (C=O) groups is 3. The van der Waals surface area contributed by atoms with Crippen LogP contribution in [0.1, 0.15) is 22.8 Å². The largest absolute Gasteiger partial charge is 0.340 e. The number of anilines is 3. The van der Waals surface area contributed by atoms with Gasteiger partial charge in [-0.2, -0.15) is 11.3 Å². The van der Waals surface area contributed by atoms with Crippen LogP contribution >= 0.6 is 22.9 Å². The molecule has 0 radical (unpaired) electrons. The van der Waals surface area contributed by atoms with E-state index in [1.807, 2.05) is 5.38 Å². The topological polar surface area (TPSA) is 114 Å². The van der Waals surface area contributed by atoms with Crippen LogP contribution in [0.2, 0.25) is 5.02 Å². The molecule has 3 aromatic heterocycles. The Morgan fingerprint density at radius 3 is 2.64 bits per heavy atom. The van der Waals surface area contributed by atoms with E-state index >= 15 is 0 Å². The smallest absolute Gasteiger partial charge is 0.249 e. The van der Waals surface area contributed by atoms with Crippen LogP contribution in [0.15, 0.2) is 65.8 Å². The number of nitrogens with zero attached hydrogens (tertiary/aromatic N) is 3. The summed E-state index contributed by atoms with van der Waals surface area (Å²) < 4.78 is 0. The fourth-order valence-electron chi connectivity index (χ4n) is 2.95. The number of allylic oxidation sites excluding steroid dienone is 1. The highest BCUT2D eigenvalue weighted by molar-refractivity contribution is 7.08. The Hall–Kier alpha value is -3.95. The molecule has 3 heterocycles. The van der Waals surface area contributed by atoms with Gasteiger partial charge in [0.25, 0.3) is 0 Å². The van der Waals surface area contributed by atoms with Gasteiger partial charge in [-0.05, 0) is 48.7 Å². The van der Waals surface area contributed by atoms with Crippen LogP contribution in [-0.2, 0) is 9.59 Å². The molecule has 1 aromatic carbocycles. The third kappa shape index (κ3) is 5.28. The van der Waals surface area contributed by atoms with Gasteiger partial charge in [0.15, 0.2) is 11.6 Å². The standard InChI is InChI=1S/C23H16ClN5O3S/c1-13(30)2-5-21(31)29-20-9-17-19(10-25-20)26-12-27-23(17)28-15-3-4-16(18(24)8-15)22(32)14-6-7-33-11-14/h2-12H,1H3,(H,25,29,31)(H,26,27,28). The second kappa shape index (κ2) is 9.68. The molecule has 0 aliphatic rings. The van der Waals surface area contributed by atoms with Crippen molar-refractivity contribution >= 4 is 68.6 Å². The fraction of sp³-hybridized carbons (Fsp3) is 0.0435. The maximum atomic E-state index is 12.6. The molecule has 4 aromatic rings. The van der Waals surface area contributed by atoms with Gasteiger partial charge >= 0.3 is 0 Å². The monoisotopic (exact) mass is 477 g/mol. The van der Waals surface area contributed by atoms with Crippen LogP contribution in [-0.4, -0.2) is 32.4 Å². The first-order chi connectivity index (χ1) is 15.9. The van der Waals surface area contributed by atoms with Gasteiger partial charge in [-0.1, -0.05) is 11.6 Å². The molecular formula is C23H16ClN5O3S. The lowest BCUT2D eigenvalue weighted by atomic mass is 10.1. The van der Waals surface area contributed by atoms with E-state index in [2.05, 4.69) is 25.6 Å². The number of fused-ring (bicyclic) bond motifs is 1. The molecule has 0 atom stereocenters. The third-order valence-electron chi connectivity index (χ3n) is 4.50. The first-order valence-electron chi connectivity index (χ1n) is 9.64. The minimum atomic E-state index is -0.485. The lowest BCUT2D eigenvalue weighted by Crippen LogP contribution is -2.10. The van der Waals surface area contributed by atoms with E-state index in [0.29, 0.717) is 38.6 Å². The van der Waals surface area contributed by atoms with Crippen LogP contribution in [0, 0.1) is 0 Å². The maximum Gasteiger partial charge on any atom is 0.249 e. The van der Waals surface area contributed by atoms with Gasteiger partial charge in [-0.25, -0.2) is 15.0 Å². The molecular weight excluding hydrogens is 462 g/mol. The minimum Gasteiger partial charge on any atom is -0.340 e. The SMILES string of the molecule is CC(=O)C=CC(=O)Nc1cc2c(Nc3ccc(C(=O)c4ccsc4)c(Cl)c3)ncnc2cn1. The van der Waals surface area contributed by atoms with Gasteiger partial charge in [-0.3, -0.25) is 14.4 Å². The average molecular weight is 478 g/mol. The van der Waals surface area contributed by atoms with Crippen molar-refractivity contribution in [2.45, 2.75) is 6.92 Å². The van der Waals surface area contributed by atoms with Crippen molar-refractivity contribution < 1.29 is 14.4 Å². The summed E-state index contributed by atoms with van der Waals surface area (Å²) >= 11 is 7.82. The van der Waals surface area contributed by atoms with Crippen molar-refractivity contribution in [3.05, 3.63) is 81.9 Å². The molecule has 0 saturated heterocycles. The number of rotatable bonds is 7. The van der Waals surface area contributed by atoms with Gasteiger partial charge < -0.3 is 10.6 Å². The van der Waals surface area contributed by atoms with E-state index in [0.717, 1.165) is 6.08 Å². The zero-order valence-electron chi connectivity index (χ0n) is 17.2. The molecule has 8 nitrogen and oxygen atoms in total. The number of aromatic nitrogens is 3. The van der Waals surface area contributed by atoms with Gasteiger partial charge in [0.1, 0.15) is 18.0 Å². The molecule has 0 spiro atoms. The zero-order valence-corrected chi connectivity index (χ0v) is 18.8. The normalized spacial score (nSPS) is 11.0. The van der Waals surface area contributed by atoms with Crippen molar-refractivity contribution in [2.24, 2.45) is 0 Å². The Kier molecular flexibility index (Phi) is 6.53. The van der Waals surface area contributed by atoms with Crippen LogP contribution in [0.3, 0.4) is 0 Å². The molecule has 33 heavy (non-hydrogen) atoms. The molecule has 0 fully saturated rings. The third-order valence-corrected chi connectivity index (χ3v) is 5.50. The number of hydrogen-bond donors (Lipinski definition) is 2. The summed E-state index contributed by atoms with van der Waals surface area (Å²) in [5.41, 5.74) is 2.17. The van der Waals surface area contributed by atoms with Crippen LogP contribution in [0.25, 0.3) is 10.9 Å². The second-order valence-electron chi connectivity index (χ2n) is 6.90. The first kappa shape index (κ1) is 22.3. The molecule has 0 saturated carbocycles. The predicted octanol–water partition coefficient (Wildman–Crippen LogP) is 4.80. The molecule has 0 aliphatic carbocycles. The summed E-state index contributed by atoms with van der Waals surface area (Å²) in [6, 6.07) is 8.40. The van der Waals surface area contributed by atoms with E-state index in [1.165, 1.54) is 36.9 Å². The molecule has 2 N–H and O–H groups in total. The number of halogens is 1. The Bertz CT molecular complexity index is 1400. The number of pyridine rings is 1. The molecule has 0 aliphatic heterocycles. The highest BCUT2D eigenvalue weighted by Crippen LogP contribution is 2.28. The number of carbonyl (C=O) groups excluding carboxylic acids is 3. The Labute approximate surface area is 197 Å². The fourth-order valence-corrected chi connectivity index (χ4v) is 3.85. The van der Waals surface area contributed by atoms with Crippen molar-refractivity contribution in [2.75, 3.05) is 10.6 Å². The molecule has 10 heteroatoms. The Morgan fingerprint density at radius 1 is 1.06 bits per heavy atom. The zero-order chi connectivity index (χ0) is 23.4. The quantitative estimate of drug-likeness (QED) is 0.290. The summed E-state index contributed by atoms with van der Waals surface area (Å²) in [5.74, 6) is -0.136. The predicted molar refractivity (Wildman–Crippen MR) is 128 cm³/mol. The van der Waals surface area contributed by atoms with Crippen molar-refractivity contribution in [1.82, 2.24) is 15.0 Å². The highest BCUT2D eigenvalue weighted by atomic mass is 35.5. The van der Waals surface area contributed by atoms with E-state index in [1.54, 1.807) is 35.7 Å². The summed E-state index contributed by atoms with van der Waals surface area (Å²) in [7, 11) is 0.